The highest BCUT2D eigenvalue weighted by Gasteiger charge is 2.28. The molecule has 24 heavy (non-hydrogen) atoms. The number of hydrogen-bond donors (Lipinski definition) is 0. The lowest BCUT2D eigenvalue weighted by Gasteiger charge is -2.36. The van der Waals surface area contributed by atoms with E-state index in [9.17, 15) is 9.59 Å². The summed E-state index contributed by atoms with van der Waals surface area (Å²) >= 11 is 5.83. The van der Waals surface area contributed by atoms with Crippen molar-refractivity contribution < 1.29 is 14.3 Å². The first-order valence-electron chi connectivity index (χ1n) is 8.39. The Bertz CT molecular complexity index is 566. The van der Waals surface area contributed by atoms with Crippen LogP contribution in [0.1, 0.15) is 26.3 Å². The fourth-order valence-corrected chi connectivity index (χ4v) is 2.85. The molecule has 0 aliphatic carbocycles. The maximum Gasteiger partial charge on any atom is 0.263 e. The van der Waals surface area contributed by atoms with Crippen LogP contribution in [-0.4, -0.2) is 59.3 Å². The number of halogens is 1. The Morgan fingerprint density at radius 1 is 1.04 bits per heavy atom. The minimum absolute atomic E-state index is 0.0550. The van der Waals surface area contributed by atoms with E-state index in [4.69, 9.17) is 16.3 Å². The van der Waals surface area contributed by atoms with E-state index in [1.807, 2.05) is 24.3 Å². The molecule has 5 nitrogen and oxygen atoms in total. The topological polar surface area (TPSA) is 49.9 Å². The van der Waals surface area contributed by atoms with Crippen molar-refractivity contribution in [3.63, 3.8) is 0 Å². The van der Waals surface area contributed by atoms with Gasteiger partial charge in [-0.2, -0.15) is 0 Å². The van der Waals surface area contributed by atoms with Crippen LogP contribution >= 0.6 is 11.6 Å². The molecule has 6 heteroatoms. The molecular weight excluding hydrogens is 328 g/mol. The first kappa shape index (κ1) is 18.6. The van der Waals surface area contributed by atoms with Crippen LogP contribution in [0.15, 0.2) is 24.3 Å². The summed E-state index contributed by atoms with van der Waals surface area (Å²) in [6, 6.07) is 7.79. The number of alkyl halides is 1. The molecule has 132 valence electrons. The molecule has 2 rings (SSSR count). The molecule has 0 saturated carbocycles. The molecule has 1 heterocycles. The third-order valence-electron chi connectivity index (χ3n) is 4.24. The summed E-state index contributed by atoms with van der Waals surface area (Å²) in [6.45, 7) is 7.57. The van der Waals surface area contributed by atoms with Gasteiger partial charge in [0, 0.05) is 26.2 Å². The fourth-order valence-electron chi connectivity index (χ4n) is 2.71. The predicted octanol–water partition coefficient (Wildman–Crippen LogP) is 2.31. The highest BCUT2D eigenvalue weighted by molar-refractivity contribution is 6.30. The summed E-state index contributed by atoms with van der Waals surface area (Å²) in [4.78, 5) is 27.8. The van der Waals surface area contributed by atoms with Gasteiger partial charge in [-0.15, -0.1) is 11.6 Å². The number of nitrogens with zero attached hydrogens (tertiary/aromatic N) is 2. The van der Waals surface area contributed by atoms with Crippen molar-refractivity contribution in [3.8, 4) is 5.75 Å². The van der Waals surface area contributed by atoms with Crippen molar-refractivity contribution >= 4 is 23.4 Å². The average molecular weight is 353 g/mol. The molecule has 0 N–H and O–H groups in total. The van der Waals surface area contributed by atoms with Gasteiger partial charge in [-0.3, -0.25) is 9.59 Å². The lowest BCUT2D eigenvalue weighted by molar-refractivity contribution is -0.143. The van der Waals surface area contributed by atoms with Crippen LogP contribution in [-0.2, 0) is 16.0 Å². The molecule has 0 bridgehead atoms. The van der Waals surface area contributed by atoms with E-state index in [0.29, 0.717) is 31.9 Å². The van der Waals surface area contributed by atoms with Gasteiger partial charge in [-0.1, -0.05) is 19.1 Å². The quantitative estimate of drug-likeness (QED) is 0.764. The smallest absolute Gasteiger partial charge is 0.263 e. The Morgan fingerprint density at radius 3 is 2.00 bits per heavy atom. The SMILES string of the molecule is CCc1ccc(OC(C)C(=O)N2CCN(C(=O)C(C)Cl)CC2)cc1. The Morgan fingerprint density at radius 2 is 1.54 bits per heavy atom. The van der Waals surface area contributed by atoms with Gasteiger partial charge in [0.2, 0.25) is 5.91 Å². The van der Waals surface area contributed by atoms with E-state index in [-0.39, 0.29) is 11.8 Å². The largest absolute Gasteiger partial charge is 0.481 e. The lowest BCUT2D eigenvalue weighted by Crippen LogP contribution is -2.54. The van der Waals surface area contributed by atoms with Gasteiger partial charge < -0.3 is 14.5 Å². The first-order chi connectivity index (χ1) is 11.4. The predicted molar refractivity (Wildman–Crippen MR) is 94.4 cm³/mol. The monoisotopic (exact) mass is 352 g/mol. The first-order valence-corrected chi connectivity index (χ1v) is 8.83. The molecule has 0 radical (unpaired) electrons. The summed E-state index contributed by atoms with van der Waals surface area (Å²) in [5, 5.41) is -0.527. The molecule has 1 saturated heterocycles. The van der Waals surface area contributed by atoms with Gasteiger partial charge in [0.15, 0.2) is 6.10 Å². The molecule has 1 aliphatic rings. The highest BCUT2D eigenvalue weighted by atomic mass is 35.5. The van der Waals surface area contributed by atoms with E-state index in [2.05, 4.69) is 6.92 Å². The summed E-state index contributed by atoms with van der Waals surface area (Å²) < 4.78 is 5.75. The Labute approximate surface area is 148 Å². The minimum Gasteiger partial charge on any atom is -0.481 e. The third-order valence-corrected chi connectivity index (χ3v) is 4.42. The maximum atomic E-state index is 12.5. The number of amides is 2. The Hall–Kier alpha value is -1.75. The lowest BCUT2D eigenvalue weighted by atomic mass is 10.2. The van der Waals surface area contributed by atoms with Crippen LogP contribution in [0.4, 0.5) is 0 Å². The molecule has 0 spiro atoms. The Kier molecular flexibility index (Phi) is 6.49. The number of ether oxygens (including phenoxy) is 1. The maximum absolute atomic E-state index is 12.5. The molecule has 1 aliphatic heterocycles. The van der Waals surface area contributed by atoms with Crippen molar-refractivity contribution in [2.75, 3.05) is 26.2 Å². The van der Waals surface area contributed by atoms with E-state index in [1.165, 1.54) is 5.56 Å². The van der Waals surface area contributed by atoms with Crippen LogP contribution < -0.4 is 4.74 Å². The van der Waals surface area contributed by atoms with Gasteiger partial charge in [0.25, 0.3) is 5.91 Å². The number of carbonyl (C=O) groups is 2. The van der Waals surface area contributed by atoms with Crippen LogP contribution in [0.2, 0.25) is 0 Å². The van der Waals surface area contributed by atoms with E-state index >= 15 is 0 Å². The van der Waals surface area contributed by atoms with Gasteiger partial charge in [-0.05, 0) is 38.0 Å². The number of hydrogen-bond acceptors (Lipinski definition) is 3. The second kappa shape index (κ2) is 8.38. The van der Waals surface area contributed by atoms with Crippen molar-refractivity contribution in [3.05, 3.63) is 29.8 Å². The molecule has 2 atom stereocenters. The van der Waals surface area contributed by atoms with Gasteiger partial charge >= 0.3 is 0 Å². The molecule has 2 unspecified atom stereocenters. The van der Waals surface area contributed by atoms with Crippen LogP contribution in [0.3, 0.4) is 0 Å². The van der Waals surface area contributed by atoms with Crippen molar-refractivity contribution in [1.29, 1.82) is 0 Å². The second-order valence-electron chi connectivity index (χ2n) is 6.02. The second-order valence-corrected chi connectivity index (χ2v) is 6.68. The fraction of sp³-hybridized carbons (Fsp3) is 0.556. The number of carbonyl (C=O) groups excluding carboxylic acids is 2. The summed E-state index contributed by atoms with van der Waals surface area (Å²) in [7, 11) is 0. The van der Waals surface area contributed by atoms with E-state index in [0.717, 1.165) is 6.42 Å². The van der Waals surface area contributed by atoms with Crippen LogP contribution in [0, 0.1) is 0 Å². The minimum atomic E-state index is -0.549. The number of aryl methyl sites for hydroxylation is 1. The average Bonchev–Trinajstić information content (AvgIpc) is 2.61. The molecule has 0 aromatic heterocycles. The third kappa shape index (κ3) is 4.63. The Balaban J connectivity index is 1.86. The number of piperazine rings is 1. The van der Waals surface area contributed by atoms with Crippen molar-refractivity contribution in [2.45, 2.75) is 38.7 Å². The summed E-state index contributed by atoms with van der Waals surface area (Å²) in [5.41, 5.74) is 1.23. The van der Waals surface area contributed by atoms with Gasteiger partial charge in [0.1, 0.15) is 11.1 Å². The normalized spacial score (nSPS) is 17.3. The highest BCUT2D eigenvalue weighted by Crippen LogP contribution is 2.16. The van der Waals surface area contributed by atoms with E-state index in [1.54, 1.807) is 23.6 Å². The molecular formula is C18H25ClN2O3. The van der Waals surface area contributed by atoms with Crippen molar-refractivity contribution in [1.82, 2.24) is 9.80 Å². The molecule has 1 aromatic rings. The number of benzene rings is 1. The summed E-state index contributed by atoms with van der Waals surface area (Å²) in [6.07, 6.45) is 0.422. The standard InChI is InChI=1S/C18H25ClN2O3/c1-4-15-5-7-16(8-6-15)24-14(3)18(23)21-11-9-20(10-12-21)17(22)13(2)19/h5-8,13-14H,4,9-12H2,1-3H3. The number of rotatable bonds is 5. The summed E-state index contributed by atoms with van der Waals surface area (Å²) in [5.74, 6) is 0.558. The van der Waals surface area contributed by atoms with Gasteiger partial charge in [-0.25, -0.2) is 0 Å². The molecule has 2 amide bonds. The zero-order valence-electron chi connectivity index (χ0n) is 14.5. The van der Waals surface area contributed by atoms with Crippen molar-refractivity contribution in [2.24, 2.45) is 0 Å². The van der Waals surface area contributed by atoms with E-state index < -0.39 is 11.5 Å². The zero-order chi connectivity index (χ0) is 17.7. The van der Waals surface area contributed by atoms with Crippen LogP contribution in [0.5, 0.6) is 5.75 Å². The zero-order valence-corrected chi connectivity index (χ0v) is 15.3. The molecule has 1 aromatic carbocycles. The molecule has 1 fully saturated rings. The van der Waals surface area contributed by atoms with Gasteiger partial charge in [0.05, 0.1) is 0 Å². The van der Waals surface area contributed by atoms with Crippen LogP contribution in [0.25, 0.3) is 0 Å².